The maximum absolute atomic E-state index is 11.9. The van der Waals surface area contributed by atoms with Gasteiger partial charge in [0.2, 0.25) is 0 Å². The van der Waals surface area contributed by atoms with Crippen LogP contribution in [0, 0.1) is 5.92 Å². The van der Waals surface area contributed by atoms with E-state index in [9.17, 15) is 4.79 Å². The third-order valence-electron chi connectivity index (χ3n) is 3.72. The highest BCUT2D eigenvalue weighted by Gasteiger charge is 2.15. The first-order chi connectivity index (χ1) is 8.75. The van der Waals surface area contributed by atoms with E-state index in [1.807, 2.05) is 23.9 Å². The predicted octanol–water partition coefficient (Wildman–Crippen LogP) is 4.18. The molecule has 1 fully saturated rings. The fourth-order valence-electron chi connectivity index (χ4n) is 2.51. The molecule has 0 atom stereocenters. The Balaban J connectivity index is 1.70. The van der Waals surface area contributed by atoms with E-state index in [0.717, 1.165) is 24.6 Å². The lowest BCUT2D eigenvalue weighted by Gasteiger charge is -2.24. The standard InChI is InChI=1S/C14H22N2OS/c1-16(9-7-12-5-3-2-4-6-12)14(17)15-13-8-10-18-11-13/h8,10-12H,2-7,9H2,1H3,(H,15,17). The summed E-state index contributed by atoms with van der Waals surface area (Å²) in [5.74, 6) is 0.829. The average Bonchev–Trinajstić information content (AvgIpc) is 2.90. The van der Waals surface area contributed by atoms with E-state index in [0.29, 0.717) is 0 Å². The van der Waals surface area contributed by atoms with Crippen molar-refractivity contribution in [2.24, 2.45) is 5.92 Å². The number of hydrogen-bond donors (Lipinski definition) is 1. The van der Waals surface area contributed by atoms with Crippen molar-refractivity contribution in [3.8, 4) is 0 Å². The van der Waals surface area contributed by atoms with Gasteiger partial charge in [0.1, 0.15) is 0 Å². The van der Waals surface area contributed by atoms with Crippen LogP contribution >= 0.6 is 11.3 Å². The van der Waals surface area contributed by atoms with Crippen molar-refractivity contribution in [1.82, 2.24) is 4.90 Å². The van der Waals surface area contributed by atoms with Crippen molar-refractivity contribution in [2.45, 2.75) is 38.5 Å². The van der Waals surface area contributed by atoms with Gasteiger partial charge in [0.05, 0.1) is 5.69 Å². The van der Waals surface area contributed by atoms with Gasteiger partial charge in [-0.1, -0.05) is 32.1 Å². The topological polar surface area (TPSA) is 32.3 Å². The SMILES string of the molecule is CN(CCC1CCCCC1)C(=O)Nc1ccsc1. The van der Waals surface area contributed by atoms with Crippen LogP contribution in [0.5, 0.6) is 0 Å². The molecule has 0 bridgehead atoms. The van der Waals surface area contributed by atoms with Gasteiger partial charge in [0.15, 0.2) is 0 Å². The highest BCUT2D eigenvalue weighted by Crippen LogP contribution is 2.26. The summed E-state index contributed by atoms with van der Waals surface area (Å²) in [6.45, 7) is 0.862. The van der Waals surface area contributed by atoms with Crippen LogP contribution < -0.4 is 5.32 Å². The van der Waals surface area contributed by atoms with E-state index in [2.05, 4.69) is 5.32 Å². The molecule has 1 heterocycles. The molecule has 1 aromatic heterocycles. The molecular weight excluding hydrogens is 244 g/mol. The number of nitrogens with zero attached hydrogens (tertiary/aromatic N) is 1. The number of nitrogens with one attached hydrogen (secondary N) is 1. The van der Waals surface area contributed by atoms with Gasteiger partial charge in [0.25, 0.3) is 0 Å². The first kappa shape index (κ1) is 13.4. The monoisotopic (exact) mass is 266 g/mol. The van der Waals surface area contributed by atoms with Crippen LogP contribution in [-0.2, 0) is 0 Å². The fourth-order valence-corrected chi connectivity index (χ4v) is 3.10. The quantitative estimate of drug-likeness (QED) is 0.871. The molecule has 1 N–H and O–H groups in total. The minimum absolute atomic E-state index is 0.00390. The second kappa shape index (κ2) is 6.78. The van der Waals surface area contributed by atoms with E-state index < -0.39 is 0 Å². The summed E-state index contributed by atoms with van der Waals surface area (Å²) in [6, 6.07) is 1.93. The van der Waals surface area contributed by atoms with E-state index >= 15 is 0 Å². The lowest BCUT2D eigenvalue weighted by atomic mass is 9.87. The van der Waals surface area contributed by atoms with Crippen LogP contribution in [0.4, 0.5) is 10.5 Å². The Morgan fingerprint density at radius 2 is 2.22 bits per heavy atom. The van der Waals surface area contributed by atoms with Gasteiger partial charge < -0.3 is 10.2 Å². The van der Waals surface area contributed by atoms with Gasteiger partial charge in [-0.2, -0.15) is 11.3 Å². The fraction of sp³-hybridized carbons (Fsp3) is 0.643. The molecule has 0 aliphatic heterocycles. The molecule has 1 aromatic rings. The number of thiophene rings is 1. The number of rotatable bonds is 4. The molecule has 2 amide bonds. The van der Waals surface area contributed by atoms with Gasteiger partial charge in [-0.05, 0) is 23.8 Å². The molecule has 1 aliphatic rings. The highest BCUT2D eigenvalue weighted by molar-refractivity contribution is 7.08. The van der Waals surface area contributed by atoms with Gasteiger partial charge in [-0.15, -0.1) is 0 Å². The number of urea groups is 1. The Kier molecular flexibility index (Phi) is 5.05. The zero-order valence-corrected chi connectivity index (χ0v) is 11.8. The Morgan fingerprint density at radius 3 is 2.89 bits per heavy atom. The van der Waals surface area contributed by atoms with E-state index in [4.69, 9.17) is 0 Å². The summed E-state index contributed by atoms with van der Waals surface area (Å²) in [5, 5.41) is 6.83. The van der Waals surface area contributed by atoms with Crippen LogP contribution in [0.1, 0.15) is 38.5 Å². The zero-order chi connectivity index (χ0) is 12.8. The second-order valence-corrected chi connectivity index (χ2v) is 5.94. The van der Waals surface area contributed by atoms with E-state index in [-0.39, 0.29) is 6.03 Å². The highest BCUT2D eigenvalue weighted by atomic mass is 32.1. The Morgan fingerprint density at radius 1 is 1.44 bits per heavy atom. The minimum Gasteiger partial charge on any atom is -0.328 e. The molecule has 0 radical (unpaired) electrons. The summed E-state index contributed by atoms with van der Waals surface area (Å²) in [7, 11) is 1.88. The van der Waals surface area contributed by atoms with Crippen LogP contribution in [-0.4, -0.2) is 24.5 Å². The molecule has 0 aromatic carbocycles. The van der Waals surface area contributed by atoms with Gasteiger partial charge >= 0.3 is 6.03 Å². The van der Waals surface area contributed by atoms with Gasteiger partial charge in [-0.25, -0.2) is 4.79 Å². The number of amides is 2. The number of carbonyl (C=O) groups is 1. The molecule has 0 spiro atoms. The van der Waals surface area contributed by atoms with E-state index in [1.54, 1.807) is 16.2 Å². The van der Waals surface area contributed by atoms with Crippen molar-refractivity contribution in [1.29, 1.82) is 0 Å². The third kappa shape index (κ3) is 4.02. The van der Waals surface area contributed by atoms with Crippen molar-refractivity contribution >= 4 is 23.1 Å². The predicted molar refractivity (Wildman–Crippen MR) is 77.2 cm³/mol. The first-order valence-corrected chi connectivity index (χ1v) is 7.74. The maximum Gasteiger partial charge on any atom is 0.321 e. The van der Waals surface area contributed by atoms with E-state index in [1.165, 1.54) is 32.1 Å². The summed E-state index contributed by atoms with van der Waals surface area (Å²) in [4.78, 5) is 13.7. The largest absolute Gasteiger partial charge is 0.328 e. The molecule has 0 unspecified atom stereocenters. The molecule has 1 saturated carbocycles. The summed E-state index contributed by atoms with van der Waals surface area (Å²) in [5.41, 5.74) is 0.898. The lowest BCUT2D eigenvalue weighted by molar-refractivity contribution is 0.215. The summed E-state index contributed by atoms with van der Waals surface area (Å²) >= 11 is 1.60. The van der Waals surface area contributed by atoms with Crippen LogP contribution in [0.15, 0.2) is 16.8 Å². The van der Waals surface area contributed by atoms with Gasteiger partial charge in [-0.3, -0.25) is 0 Å². The number of anilines is 1. The normalized spacial score (nSPS) is 16.5. The summed E-state index contributed by atoms with van der Waals surface area (Å²) < 4.78 is 0. The number of hydrogen-bond acceptors (Lipinski definition) is 2. The lowest BCUT2D eigenvalue weighted by Crippen LogP contribution is -2.33. The Labute approximate surface area is 113 Å². The molecule has 100 valence electrons. The Bertz CT molecular complexity index is 358. The molecule has 2 rings (SSSR count). The average molecular weight is 266 g/mol. The van der Waals surface area contributed by atoms with Crippen molar-refractivity contribution < 1.29 is 4.79 Å². The maximum atomic E-state index is 11.9. The molecule has 0 saturated heterocycles. The first-order valence-electron chi connectivity index (χ1n) is 6.80. The van der Waals surface area contributed by atoms with Crippen LogP contribution in [0.2, 0.25) is 0 Å². The number of carbonyl (C=O) groups excluding carboxylic acids is 1. The molecular formula is C14H22N2OS. The van der Waals surface area contributed by atoms with Crippen LogP contribution in [0.3, 0.4) is 0 Å². The zero-order valence-electron chi connectivity index (χ0n) is 11.0. The summed E-state index contributed by atoms with van der Waals surface area (Å²) in [6.07, 6.45) is 7.98. The molecule has 3 nitrogen and oxygen atoms in total. The van der Waals surface area contributed by atoms with Crippen LogP contribution in [0.25, 0.3) is 0 Å². The smallest absolute Gasteiger partial charge is 0.321 e. The molecule has 18 heavy (non-hydrogen) atoms. The Hall–Kier alpha value is -1.03. The van der Waals surface area contributed by atoms with Crippen molar-refractivity contribution in [2.75, 3.05) is 18.9 Å². The second-order valence-electron chi connectivity index (χ2n) is 5.16. The van der Waals surface area contributed by atoms with Crippen molar-refractivity contribution in [3.63, 3.8) is 0 Å². The molecule has 4 heteroatoms. The third-order valence-corrected chi connectivity index (χ3v) is 4.40. The van der Waals surface area contributed by atoms with Gasteiger partial charge in [0, 0.05) is 19.0 Å². The minimum atomic E-state index is 0.00390. The molecule has 1 aliphatic carbocycles. The van der Waals surface area contributed by atoms with Crippen molar-refractivity contribution in [3.05, 3.63) is 16.8 Å².